The summed E-state index contributed by atoms with van der Waals surface area (Å²) in [6.07, 6.45) is -9.55. The van der Waals surface area contributed by atoms with E-state index in [-0.39, 0.29) is 32.4 Å². The fourth-order valence-electron chi connectivity index (χ4n) is 4.23. The summed E-state index contributed by atoms with van der Waals surface area (Å²) in [5.74, 6) is -2.50. The second-order valence-corrected chi connectivity index (χ2v) is 9.28. The van der Waals surface area contributed by atoms with E-state index in [2.05, 4.69) is 0 Å². The lowest BCUT2D eigenvalue weighted by atomic mass is 9.81. The number of nitrogens with two attached hydrogens (primary N) is 1. The lowest BCUT2D eigenvalue weighted by molar-refractivity contribution is -0.193. The van der Waals surface area contributed by atoms with Gasteiger partial charge in [0.2, 0.25) is 0 Å². The number of rotatable bonds is 6. The van der Waals surface area contributed by atoms with Crippen molar-refractivity contribution < 1.29 is 36.2 Å². The van der Waals surface area contributed by atoms with Crippen LogP contribution in [0.25, 0.3) is 0 Å². The second-order valence-electron chi connectivity index (χ2n) is 8.19. The van der Waals surface area contributed by atoms with Crippen LogP contribution in [0.1, 0.15) is 41.0 Å². The van der Waals surface area contributed by atoms with Gasteiger partial charge in [-0.05, 0) is 57.8 Å². The Kier molecular flexibility index (Phi) is 8.05. The minimum absolute atomic E-state index is 0.00636. The molecular weight excluding hydrogens is 448 g/mol. The lowest BCUT2D eigenvalue weighted by Gasteiger charge is -2.47. The van der Waals surface area contributed by atoms with E-state index in [1.807, 2.05) is 0 Å². The van der Waals surface area contributed by atoms with Gasteiger partial charge in [0.15, 0.2) is 0 Å². The molecule has 178 valence electrons. The molecule has 5 nitrogen and oxygen atoms in total. The molecule has 4 atom stereocenters. The SMILES string of the molecule is CC1CC(c2sc(C(F)(F)F)cc2CCO)CC(C(N)CN(C)C)N1C(=O)C(F)(F)F. The van der Waals surface area contributed by atoms with Gasteiger partial charge < -0.3 is 20.6 Å². The van der Waals surface area contributed by atoms with Crippen LogP contribution in [-0.4, -0.2) is 72.4 Å². The minimum Gasteiger partial charge on any atom is -0.396 e. The number of amides is 1. The van der Waals surface area contributed by atoms with Crippen molar-refractivity contribution in [3.05, 3.63) is 21.4 Å². The molecule has 12 heteroatoms. The quantitative estimate of drug-likeness (QED) is 0.620. The summed E-state index contributed by atoms with van der Waals surface area (Å²) >= 11 is 0.545. The van der Waals surface area contributed by atoms with Crippen molar-refractivity contribution in [1.29, 1.82) is 0 Å². The summed E-state index contributed by atoms with van der Waals surface area (Å²) in [6, 6.07) is -1.70. The van der Waals surface area contributed by atoms with E-state index in [1.165, 1.54) is 6.92 Å². The zero-order chi connectivity index (χ0) is 23.7. The van der Waals surface area contributed by atoms with Crippen LogP contribution in [-0.2, 0) is 17.4 Å². The number of carbonyl (C=O) groups is 1. The number of alkyl halides is 6. The van der Waals surface area contributed by atoms with Crippen LogP contribution in [0.4, 0.5) is 26.3 Å². The fourth-order valence-corrected chi connectivity index (χ4v) is 5.44. The van der Waals surface area contributed by atoms with Gasteiger partial charge in [-0.15, -0.1) is 11.3 Å². The number of halogens is 6. The van der Waals surface area contributed by atoms with E-state index in [4.69, 9.17) is 5.73 Å². The summed E-state index contributed by atoms with van der Waals surface area (Å²) < 4.78 is 79.5. The number of likely N-dealkylation sites (N-methyl/N-ethyl adjacent to an activating group) is 1. The molecule has 0 spiro atoms. The van der Waals surface area contributed by atoms with Crippen LogP contribution in [0.2, 0.25) is 0 Å². The highest BCUT2D eigenvalue weighted by molar-refractivity contribution is 7.12. The van der Waals surface area contributed by atoms with E-state index < -0.39 is 47.2 Å². The third-order valence-corrected chi connectivity index (χ3v) is 6.79. The number of piperidine rings is 1. The van der Waals surface area contributed by atoms with Gasteiger partial charge in [-0.2, -0.15) is 26.3 Å². The van der Waals surface area contributed by atoms with Crippen molar-refractivity contribution in [2.24, 2.45) is 5.73 Å². The number of aliphatic hydroxyl groups excluding tert-OH is 1. The van der Waals surface area contributed by atoms with Gasteiger partial charge in [0.05, 0.1) is 0 Å². The maximum absolute atomic E-state index is 13.3. The van der Waals surface area contributed by atoms with Crippen molar-refractivity contribution in [3.63, 3.8) is 0 Å². The highest BCUT2D eigenvalue weighted by Gasteiger charge is 2.50. The molecule has 0 bridgehead atoms. The van der Waals surface area contributed by atoms with Gasteiger partial charge in [0.1, 0.15) is 4.88 Å². The number of thiophene rings is 1. The molecule has 1 saturated heterocycles. The molecule has 1 aromatic heterocycles. The molecular formula is C19H27F6N3O2S. The van der Waals surface area contributed by atoms with Crippen LogP contribution >= 0.6 is 11.3 Å². The van der Waals surface area contributed by atoms with Gasteiger partial charge in [-0.3, -0.25) is 4.79 Å². The molecule has 2 heterocycles. The molecule has 1 aliphatic heterocycles. The van der Waals surface area contributed by atoms with E-state index in [1.54, 1.807) is 19.0 Å². The van der Waals surface area contributed by atoms with Crippen LogP contribution in [0.3, 0.4) is 0 Å². The van der Waals surface area contributed by atoms with Crippen LogP contribution in [0.15, 0.2) is 6.07 Å². The average molecular weight is 475 g/mol. The summed E-state index contributed by atoms with van der Waals surface area (Å²) in [5, 5.41) is 9.27. The first-order valence-corrected chi connectivity index (χ1v) is 10.6. The highest BCUT2D eigenvalue weighted by Crippen LogP contribution is 2.45. The minimum atomic E-state index is -5.08. The predicted octanol–water partition coefficient (Wildman–Crippen LogP) is 3.22. The van der Waals surface area contributed by atoms with Crippen molar-refractivity contribution in [2.75, 3.05) is 27.2 Å². The number of nitrogens with zero attached hydrogens (tertiary/aromatic N) is 2. The zero-order valence-corrected chi connectivity index (χ0v) is 18.2. The molecule has 0 saturated carbocycles. The number of hydrogen-bond donors (Lipinski definition) is 2. The van der Waals surface area contributed by atoms with Gasteiger partial charge in [-0.25, -0.2) is 0 Å². The van der Waals surface area contributed by atoms with E-state index >= 15 is 0 Å². The first kappa shape index (κ1) is 25.9. The first-order chi connectivity index (χ1) is 14.2. The highest BCUT2D eigenvalue weighted by atomic mass is 32.1. The van der Waals surface area contributed by atoms with Crippen molar-refractivity contribution in [2.45, 2.75) is 62.6 Å². The monoisotopic (exact) mass is 475 g/mol. The normalized spacial score (nSPS) is 24.0. The third-order valence-electron chi connectivity index (χ3n) is 5.40. The van der Waals surface area contributed by atoms with E-state index in [0.717, 1.165) is 11.0 Å². The van der Waals surface area contributed by atoms with Crippen LogP contribution < -0.4 is 5.73 Å². The molecule has 1 aliphatic rings. The van der Waals surface area contributed by atoms with Gasteiger partial charge in [0.25, 0.3) is 0 Å². The Bertz CT molecular complexity index is 765. The van der Waals surface area contributed by atoms with Gasteiger partial charge in [0, 0.05) is 36.2 Å². The molecule has 3 N–H and O–H groups in total. The van der Waals surface area contributed by atoms with Crippen molar-refractivity contribution in [1.82, 2.24) is 9.80 Å². The average Bonchev–Trinajstić information content (AvgIpc) is 3.03. The van der Waals surface area contributed by atoms with E-state index in [9.17, 15) is 36.2 Å². The Morgan fingerprint density at radius 3 is 2.39 bits per heavy atom. The molecule has 1 fully saturated rings. The van der Waals surface area contributed by atoms with Crippen molar-refractivity contribution >= 4 is 17.2 Å². The Labute approximate surface area is 180 Å². The Morgan fingerprint density at radius 1 is 1.29 bits per heavy atom. The first-order valence-electron chi connectivity index (χ1n) is 9.77. The second kappa shape index (κ2) is 9.63. The molecule has 1 aromatic rings. The zero-order valence-electron chi connectivity index (χ0n) is 17.4. The molecule has 0 aromatic carbocycles. The topological polar surface area (TPSA) is 69.8 Å². The van der Waals surface area contributed by atoms with Crippen LogP contribution in [0, 0.1) is 0 Å². The summed E-state index contributed by atoms with van der Waals surface area (Å²) in [4.78, 5) is 14.1. The predicted molar refractivity (Wildman–Crippen MR) is 105 cm³/mol. The summed E-state index contributed by atoms with van der Waals surface area (Å²) in [6.45, 7) is 1.30. The Morgan fingerprint density at radius 2 is 1.90 bits per heavy atom. The molecule has 0 radical (unpaired) electrons. The summed E-state index contributed by atoms with van der Waals surface area (Å²) in [7, 11) is 3.38. The third kappa shape index (κ3) is 6.11. The van der Waals surface area contributed by atoms with Crippen molar-refractivity contribution in [3.8, 4) is 0 Å². The Balaban J connectivity index is 2.45. The Hall–Kier alpha value is -1.37. The summed E-state index contributed by atoms with van der Waals surface area (Å²) in [5.41, 5.74) is 6.50. The van der Waals surface area contributed by atoms with Gasteiger partial charge >= 0.3 is 18.3 Å². The molecule has 1 amide bonds. The van der Waals surface area contributed by atoms with Crippen LogP contribution in [0.5, 0.6) is 0 Å². The molecule has 2 rings (SSSR count). The number of aliphatic hydroxyl groups is 1. The van der Waals surface area contributed by atoms with Gasteiger partial charge in [-0.1, -0.05) is 0 Å². The molecule has 31 heavy (non-hydrogen) atoms. The number of carbonyl (C=O) groups excluding carboxylic acids is 1. The number of likely N-dealkylation sites (tertiary alicyclic amines) is 1. The largest absolute Gasteiger partial charge is 0.471 e. The maximum Gasteiger partial charge on any atom is 0.471 e. The standard InChI is InChI=1S/C19H27F6N3O2S/c1-10-6-12(16-11(4-5-29)8-15(31-16)18(20,21)22)7-14(13(26)9-27(2)3)28(10)17(30)19(23,24)25/h8,10,12-14,29H,4-7,9,26H2,1-3H3. The number of hydrogen-bond acceptors (Lipinski definition) is 5. The molecule has 0 aliphatic carbocycles. The molecule has 4 unspecified atom stereocenters. The lowest BCUT2D eigenvalue weighted by Crippen LogP contribution is -2.62. The fraction of sp³-hybridized carbons (Fsp3) is 0.737. The smallest absolute Gasteiger partial charge is 0.396 e. The maximum atomic E-state index is 13.3. The van der Waals surface area contributed by atoms with E-state index in [0.29, 0.717) is 21.8 Å².